The first kappa shape index (κ1) is 21.8. The van der Waals surface area contributed by atoms with Crippen molar-refractivity contribution in [3.05, 3.63) is 41.9 Å². The maximum Gasteiger partial charge on any atom is 0.287 e. The van der Waals surface area contributed by atoms with Crippen molar-refractivity contribution in [2.45, 2.75) is 31.9 Å². The molecule has 1 aromatic carbocycles. The van der Waals surface area contributed by atoms with Crippen molar-refractivity contribution in [2.75, 3.05) is 37.7 Å². The molecule has 2 aliphatic heterocycles. The number of piperazine rings is 1. The van der Waals surface area contributed by atoms with E-state index in [4.69, 9.17) is 4.74 Å². The second kappa shape index (κ2) is 8.83. The van der Waals surface area contributed by atoms with Crippen molar-refractivity contribution in [1.29, 1.82) is 0 Å². The largest absolute Gasteiger partial charge is 0.482 e. The third kappa shape index (κ3) is 5.15. The zero-order valence-electron chi connectivity index (χ0n) is 17.1. The van der Waals surface area contributed by atoms with Gasteiger partial charge in [0.1, 0.15) is 17.5 Å². The molecule has 0 aliphatic carbocycles. The topological polar surface area (TPSA) is 99.2 Å². The lowest BCUT2D eigenvalue weighted by Crippen LogP contribution is -2.56. The molecule has 8 nitrogen and oxygen atoms in total. The molecule has 2 N–H and O–H groups in total. The second-order valence-corrected chi connectivity index (χ2v) is 8.01. The van der Waals surface area contributed by atoms with Crippen LogP contribution in [-0.4, -0.2) is 72.0 Å². The van der Waals surface area contributed by atoms with E-state index in [1.807, 2.05) is 4.90 Å². The molecule has 0 saturated carbocycles. The first-order valence-corrected chi connectivity index (χ1v) is 9.83. The Morgan fingerprint density at radius 1 is 1.20 bits per heavy atom. The van der Waals surface area contributed by atoms with E-state index in [2.05, 4.69) is 5.32 Å². The molecule has 0 aromatic heterocycles. The predicted molar refractivity (Wildman–Crippen MR) is 107 cm³/mol. The van der Waals surface area contributed by atoms with Gasteiger partial charge in [-0.05, 0) is 38.1 Å². The summed E-state index contributed by atoms with van der Waals surface area (Å²) < 4.78 is 18.6. The van der Waals surface area contributed by atoms with Crippen LogP contribution in [0.3, 0.4) is 0 Å². The first-order chi connectivity index (χ1) is 14.2. The zero-order chi connectivity index (χ0) is 21.9. The SMILES string of the molecule is CC1(C)CC(=O)C=C(C(=O)N[C@@H](CO)C(=O)N2CCN(c3ccc(F)cc3)CC2)O1. The Morgan fingerprint density at radius 3 is 2.40 bits per heavy atom. The average Bonchev–Trinajstić information content (AvgIpc) is 2.70. The zero-order valence-corrected chi connectivity index (χ0v) is 17.1. The van der Waals surface area contributed by atoms with Crippen molar-refractivity contribution >= 4 is 23.3 Å². The number of nitrogens with one attached hydrogen (secondary N) is 1. The molecule has 1 atom stereocenters. The minimum atomic E-state index is -1.14. The number of halogens is 1. The molecule has 0 spiro atoms. The number of carbonyl (C=O) groups is 3. The van der Waals surface area contributed by atoms with Gasteiger partial charge in [0.05, 0.1) is 6.61 Å². The van der Waals surface area contributed by atoms with Crippen molar-refractivity contribution < 1.29 is 28.6 Å². The number of benzene rings is 1. The number of anilines is 1. The minimum Gasteiger partial charge on any atom is -0.482 e. The second-order valence-electron chi connectivity index (χ2n) is 8.01. The van der Waals surface area contributed by atoms with Gasteiger partial charge in [-0.1, -0.05) is 0 Å². The molecular formula is C21H26FN3O5. The van der Waals surface area contributed by atoms with Crippen LogP contribution in [0.1, 0.15) is 20.3 Å². The molecule has 0 bridgehead atoms. The molecule has 1 saturated heterocycles. The van der Waals surface area contributed by atoms with Crippen molar-refractivity contribution in [3.63, 3.8) is 0 Å². The molecule has 1 aromatic rings. The van der Waals surface area contributed by atoms with Crippen LogP contribution in [0.25, 0.3) is 0 Å². The number of carbonyl (C=O) groups excluding carboxylic acids is 3. The summed E-state index contributed by atoms with van der Waals surface area (Å²) in [6, 6.07) is 5.00. The number of amides is 2. The fourth-order valence-corrected chi connectivity index (χ4v) is 3.56. The fourth-order valence-electron chi connectivity index (χ4n) is 3.56. The quantitative estimate of drug-likeness (QED) is 0.725. The summed E-state index contributed by atoms with van der Waals surface area (Å²) in [6.07, 6.45) is 1.27. The molecule has 3 rings (SSSR count). The molecule has 162 valence electrons. The highest BCUT2D eigenvalue weighted by molar-refractivity contribution is 6.03. The number of rotatable bonds is 5. The van der Waals surface area contributed by atoms with Crippen LogP contribution in [0.2, 0.25) is 0 Å². The Hall–Kier alpha value is -2.94. The lowest BCUT2D eigenvalue weighted by Gasteiger charge is -2.37. The normalized spacial score (nSPS) is 19.6. The van der Waals surface area contributed by atoms with Crippen LogP contribution in [0.15, 0.2) is 36.1 Å². The summed E-state index contributed by atoms with van der Waals surface area (Å²) >= 11 is 0. The summed E-state index contributed by atoms with van der Waals surface area (Å²) in [6.45, 7) is 4.69. The molecule has 0 unspecified atom stereocenters. The van der Waals surface area contributed by atoms with Crippen LogP contribution in [0.4, 0.5) is 10.1 Å². The number of nitrogens with zero attached hydrogens (tertiary/aromatic N) is 2. The summed E-state index contributed by atoms with van der Waals surface area (Å²) in [5.41, 5.74) is 0.0534. The molecule has 1 fully saturated rings. The fraction of sp³-hybridized carbons (Fsp3) is 0.476. The summed E-state index contributed by atoms with van der Waals surface area (Å²) in [7, 11) is 0. The number of aliphatic hydroxyl groups is 1. The molecule has 2 aliphatic rings. The van der Waals surface area contributed by atoms with Gasteiger partial charge in [0, 0.05) is 44.4 Å². The summed E-state index contributed by atoms with van der Waals surface area (Å²) in [5.74, 6) is -1.83. The highest BCUT2D eigenvalue weighted by Crippen LogP contribution is 2.24. The lowest BCUT2D eigenvalue weighted by molar-refractivity contribution is -0.139. The van der Waals surface area contributed by atoms with Crippen LogP contribution >= 0.6 is 0 Å². The van der Waals surface area contributed by atoms with E-state index < -0.39 is 30.1 Å². The van der Waals surface area contributed by atoms with Crippen molar-refractivity contribution in [3.8, 4) is 0 Å². The van der Waals surface area contributed by atoms with Gasteiger partial charge >= 0.3 is 0 Å². The molecule has 0 radical (unpaired) electrons. The van der Waals surface area contributed by atoms with Crippen LogP contribution in [0, 0.1) is 5.82 Å². The number of allylic oxidation sites excluding steroid dienone is 1. The average molecular weight is 419 g/mol. The molecule has 9 heteroatoms. The number of aliphatic hydroxyl groups excluding tert-OH is 1. The van der Waals surface area contributed by atoms with Crippen molar-refractivity contribution in [1.82, 2.24) is 10.2 Å². The number of ketones is 1. The molecule has 2 heterocycles. The monoisotopic (exact) mass is 419 g/mol. The highest BCUT2D eigenvalue weighted by Gasteiger charge is 2.34. The Balaban J connectivity index is 1.58. The van der Waals surface area contributed by atoms with E-state index in [0.29, 0.717) is 26.2 Å². The maximum atomic E-state index is 13.1. The third-order valence-electron chi connectivity index (χ3n) is 5.07. The Morgan fingerprint density at radius 2 is 1.83 bits per heavy atom. The van der Waals surface area contributed by atoms with Crippen molar-refractivity contribution in [2.24, 2.45) is 0 Å². The number of ether oxygens (including phenoxy) is 1. The first-order valence-electron chi connectivity index (χ1n) is 9.83. The minimum absolute atomic E-state index is 0.157. The lowest BCUT2D eigenvalue weighted by atomic mass is 9.98. The predicted octanol–water partition coefficient (Wildman–Crippen LogP) is 0.603. The van der Waals surface area contributed by atoms with Gasteiger partial charge in [0.2, 0.25) is 5.91 Å². The Labute approximate surface area is 174 Å². The van der Waals surface area contributed by atoms with E-state index >= 15 is 0 Å². The van der Waals surface area contributed by atoms with E-state index in [0.717, 1.165) is 11.8 Å². The maximum absolute atomic E-state index is 13.1. The molecule has 2 amide bonds. The van der Waals surface area contributed by atoms with Crippen LogP contribution < -0.4 is 10.2 Å². The third-order valence-corrected chi connectivity index (χ3v) is 5.07. The van der Waals surface area contributed by atoms with E-state index in [9.17, 15) is 23.9 Å². The Kier molecular flexibility index (Phi) is 6.40. The van der Waals surface area contributed by atoms with E-state index in [-0.39, 0.29) is 23.8 Å². The number of hydrogen-bond acceptors (Lipinski definition) is 6. The van der Waals surface area contributed by atoms with Gasteiger partial charge in [0.25, 0.3) is 5.91 Å². The summed E-state index contributed by atoms with van der Waals surface area (Å²) in [4.78, 5) is 40.7. The summed E-state index contributed by atoms with van der Waals surface area (Å²) in [5, 5.41) is 12.1. The van der Waals surface area contributed by atoms with E-state index in [1.165, 1.54) is 12.1 Å². The Bertz CT molecular complexity index is 845. The van der Waals surface area contributed by atoms with Gasteiger partial charge in [0.15, 0.2) is 11.5 Å². The van der Waals surface area contributed by atoms with Gasteiger partial charge in [-0.25, -0.2) is 4.39 Å². The smallest absolute Gasteiger partial charge is 0.287 e. The van der Waals surface area contributed by atoms with Gasteiger partial charge < -0.3 is 25.0 Å². The van der Waals surface area contributed by atoms with Gasteiger partial charge in [-0.3, -0.25) is 14.4 Å². The van der Waals surface area contributed by atoms with Gasteiger partial charge in [-0.2, -0.15) is 0 Å². The highest BCUT2D eigenvalue weighted by atomic mass is 19.1. The molecule has 30 heavy (non-hydrogen) atoms. The standard InChI is InChI=1S/C21H26FN3O5/c1-21(2)12-16(27)11-18(30-21)19(28)23-17(13-26)20(29)25-9-7-24(8-10-25)15-5-3-14(22)4-6-15/h3-6,11,17,26H,7-10,12-13H2,1-2H3,(H,23,28)/t17-/m0/s1. The molecular weight excluding hydrogens is 393 g/mol. The van der Waals surface area contributed by atoms with Crippen LogP contribution in [-0.2, 0) is 19.1 Å². The van der Waals surface area contributed by atoms with Gasteiger partial charge in [-0.15, -0.1) is 0 Å². The van der Waals surface area contributed by atoms with E-state index in [1.54, 1.807) is 30.9 Å². The van der Waals surface area contributed by atoms with Crippen LogP contribution in [0.5, 0.6) is 0 Å². The number of hydrogen-bond donors (Lipinski definition) is 2.